The molecule has 63 heavy (non-hydrogen) atoms. The van der Waals surface area contributed by atoms with E-state index in [0.717, 1.165) is 11.4 Å². The van der Waals surface area contributed by atoms with Gasteiger partial charge in [-0.15, -0.1) is 0 Å². The zero-order valence-corrected chi connectivity index (χ0v) is 35.6. The van der Waals surface area contributed by atoms with Gasteiger partial charge < -0.3 is 9.13 Å². The molecule has 0 amide bonds. The van der Waals surface area contributed by atoms with Gasteiger partial charge in [-0.05, 0) is 79.9 Å². The van der Waals surface area contributed by atoms with Crippen LogP contribution in [-0.2, 0) is 0 Å². The third-order valence-corrected chi connectivity index (χ3v) is 17.8. The predicted molar refractivity (Wildman–Crippen MR) is 270 cm³/mol. The summed E-state index contributed by atoms with van der Waals surface area (Å²) in [5.74, 6) is 0. The molecule has 10 aromatic carbocycles. The van der Waals surface area contributed by atoms with E-state index in [2.05, 4.69) is 264 Å². The monoisotopic (exact) mass is 818 g/mol. The van der Waals surface area contributed by atoms with Crippen LogP contribution in [0.4, 0.5) is 0 Å². The normalized spacial score (nSPS) is 11.8. The highest BCUT2D eigenvalue weighted by molar-refractivity contribution is 7.20. The lowest BCUT2D eigenvalue weighted by Crippen LogP contribution is -2.74. The summed E-state index contributed by atoms with van der Waals surface area (Å²) in [6.07, 6.45) is 0. The van der Waals surface area contributed by atoms with E-state index < -0.39 is 8.07 Å². The predicted octanol–water partition coefficient (Wildman–Crippen LogP) is 12.6. The third kappa shape index (κ3) is 5.85. The molecule has 2 heterocycles. The van der Waals surface area contributed by atoms with Gasteiger partial charge in [-0.2, -0.15) is 0 Å². The second kappa shape index (κ2) is 15.2. The maximum absolute atomic E-state index is 2.74. The SMILES string of the molecule is c1ccc(-c2cccc(-n3c4ccccc4c4cc(-n5c6ccccc6c6cc([Si](c7ccccc7)(c7ccccc7)c7ccccc7)ccc65)ccc43)c2-c2ccccc2)cc1. The summed E-state index contributed by atoms with van der Waals surface area (Å²) in [5, 5.41) is 10.4. The first-order valence-corrected chi connectivity index (χ1v) is 23.8. The Labute approximate surface area is 368 Å². The van der Waals surface area contributed by atoms with Gasteiger partial charge in [0, 0.05) is 32.8 Å². The highest BCUT2D eigenvalue weighted by atomic mass is 28.3. The Morgan fingerprint density at radius 3 is 1.30 bits per heavy atom. The molecule has 2 aromatic heterocycles. The van der Waals surface area contributed by atoms with Gasteiger partial charge in [-0.25, -0.2) is 0 Å². The number of hydrogen-bond acceptors (Lipinski definition) is 0. The minimum Gasteiger partial charge on any atom is -0.309 e. The van der Waals surface area contributed by atoms with Gasteiger partial charge in [0.1, 0.15) is 0 Å². The Bertz CT molecular complexity index is 3500. The molecular formula is C60H42N2Si. The third-order valence-electron chi connectivity index (χ3n) is 13.1. The van der Waals surface area contributed by atoms with Crippen LogP contribution in [0.1, 0.15) is 0 Å². The fourth-order valence-electron chi connectivity index (χ4n) is 10.4. The second-order valence-electron chi connectivity index (χ2n) is 16.4. The van der Waals surface area contributed by atoms with Crippen LogP contribution >= 0.6 is 0 Å². The van der Waals surface area contributed by atoms with Crippen LogP contribution in [0, 0.1) is 0 Å². The molecule has 0 N–H and O–H groups in total. The number of benzene rings is 10. The number of nitrogens with zero attached hydrogens (tertiary/aromatic N) is 2. The van der Waals surface area contributed by atoms with Crippen LogP contribution in [0.15, 0.2) is 255 Å². The summed E-state index contributed by atoms with van der Waals surface area (Å²) in [7, 11) is -2.74. The molecule has 12 rings (SSSR count). The summed E-state index contributed by atoms with van der Waals surface area (Å²) in [5.41, 5.74) is 11.9. The van der Waals surface area contributed by atoms with Crippen molar-refractivity contribution in [1.29, 1.82) is 0 Å². The Morgan fingerprint density at radius 1 is 0.270 bits per heavy atom. The summed E-state index contributed by atoms with van der Waals surface area (Å²) < 4.78 is 4.95. The minimum atomic E-state index is -2.74. The Balaban J connectivity index is 1.10. The first-order chi connectivity index (χ1) is 31.3. The molecule has 2 nitrogen and oxygen atoms in total. The van der Waals surface area contributed by atoms with E-state index >= 15 is 0 Å². The van der Waals surface area contributed by atoms with Gasteiger partial charge in [-0.1, -0.05) is 212 Å². The first-order valence-electron chi connectivity index (χ1n) is 21.8. The fourth-order valence-corrected chi connectivity index (χ4v) is 15.2. The topological polar surface area (TPSA) is 9.86 Å². The first kappa shape index (κ1) is 36.8. The van der Waals surface area contributed by atoms with Gasteiger partial charge in [0.05, 0.1) is 27.8 Å². The van der Waals surface area contributed by atoms with E-state index in [1.54, 1.807) is 0 Å². The molecule has 0 aliphatic carbocycles. The molecule has 296 valence electrons. The summed E-state index contributed by atoms with van der Waals surface area (Å²) in [6.45, 7) is 0. The Hall–Kier alpha value is -7.98. The summed E-state index contributed by atoms with van der Waals surface area (Å²) in [6, 6.07) is 94.2. The zero-order valence-electron chi connectivity index (χ0n) is 34.6. The maximum atomic E-state index is 2.52. The number of fused-ring (bicyclic) bond motifs is 6. The Morgan fingerprint density at radius 2 is 0.714 bits per heavy atom. The molecular weight excluding hydrogens is 777 g/mol. The lowest BCUT2D eigenvalue weighted by Gasteiger charge is -2.34. The number of aromatic nitrogens is 2. The van der Waals surface area contributed by atoms with E-state index in [-0.39, 0.29) is 0 Å². The number of hydrogen-bond donors (Lipinski definition) is 0. The molecule has 3 heteroatoms. The largest absolute Gasteiger partial charge is 0.309 e. The molecule has 0 atom stereocenters. The van der Waals surface area contributed by atoms with Crippen molar-refractivity contribution < 1.29 is 0 Å². The summed E-state index contributed by atoms with van der Waals surface area (Å²) >= 11 is 0. The molecule has 0 saturated heterocycles. The standard InChI is InChI=1S/C60H42N2Si/c1-6-21-43(22-7-1)50-33-20-36-59(60(50)44-23-8-2-9-24-44)62-56-35-19-17-31-51(56)53-41-45(37-39-58(53)62)61-55-34-18-16-32-52(55)54-42-49(38-40-57(54)61)63(46-25-10-3-11-26-46,47-27-12-4-13-28-47)48-29-14-5-15-30-48/h1-42H. The lowest BCUT2D eigenvalue weighted by molar-refractivity contribution is 1.17. The van der Waals surface area contributed by atoms with E-state index in [1.165, 1.54) is 86.6 Å². The zero-order chi connectivity index (χ0) is 41.7. The van der Waals surface area contributed by atoms with Crippen molar-refractivity contribution in [3.8, 4) is 33.6 Å². The molecule has 0 saturated carbocycles. The molecule has 0 unspecified atom stereocenters. The van der Waals surface area contributed by atoms with Crippen LogP contribution in [0.25, 0.3) is 77.2 Å². The Kier molecular flexibility index (Phi) is 8.87. The average Bonchev–Trinajstić information content (AvgIpc) is 3.88. The van der Waals surface area contributed by atoms with Crippen LogP contribution in [0.5, 0.6) is 0 Å². The molecule has 12 aromatic rings. The quantitative estimate of drug-likeness (QED) is 0.107. The summed E-state index contributed by atoms with van der Waals surface area (Å²) in [4.78, 5) is 0. The van der Waals surface area contributed by atoms with Crippen molar-refractivity contribution in [2.24, 2.45) is 0 Å². The van der Waals surface area contributed by atoms with E-state index in [9.17, 15) is 0 Å². The smallest absolute Gasteiger partial charge is 0.179 e. The highest BCUT2D eigenvalue weighted by Crippen LogP contribution is 2.42. The van der Waals surface area contributed by atoms with Gasteiger partial charge >= 0.3 is 0 Å². The second-order valence-corrected chi connectivity index (χ2v) is 20.2. The minimum absolute atomic E-state index is 1.14. The molecule has 0 aliphatic heterocycles. The average molecular weight is 819 g/mol. The van der Waals surface area contributed by atoms with Crippen LogP contribution < -0.4 is 20.7 Å². The van der Waals surface area contributed by atoms with Crippen molar-refractivity contribution in [2.45, 2.75) is 0 Å². The van der Waals surface area contributed by atoms with Gasteiger partial charge in [0.15, 0.2) is 8.07 Å². The maximum Gasteiger partial charge on any atom is 0.179 e. The van der Waals surface area contributed by atoms with Gasteiger partial charge in [0.25, 0.3) is 0 Å². The molecule has 0 radical (unpaired) electrons. The van der Waals surface area contributed by atoms with Crippen LogP contribution in [-0.4, -0.2) is 17.2 Å². The van der Waals surface area contributed by atoms with Gasteiger partial charge in [-0.3, -0.25) is 0 Å². The molecule has 0 bridgehead atoms. The molecule has 0 aliphatic rings. The number of para-hydroxylation sites is 2. The highest BCUT2D eigenvalue weighted by Gasteiger charge is 2.41. The van der Waals surface area contributed by atoms with Crippen molar-refractivity contribution >= 4 is 72.4 Å². The van der Waals surface area contributed by atoms with Crippen molar-refractivity contribution in [1.82, 2.24) is 9.13 Å². The fraction of sp³-hybridized carbons (Fsp3) is 0. The lowest BCUT2D eigenvalue weighted by atomic mass is 9.93. The van der Waals surface area contributed by atoms with Crippen molar-refractivity contribution in [3.05, 3.63) is 255 Å². The molecule has 0 fully saturated rings. The van der Waals surface area contributed by atoms with Crippen molar-refractivity contribution in [3.63, 3.8) is 0 Å². The molecule has 0 spiro atoms. The van der Waals surface area contributed by atoms with E-state index in [0.29, 0.717) is 0 Å². The van der Waals surface area contributed by atoms with Gasteiger partial charge in [0.2, 0.25) is 0 Å². The van der Waals surface area contributed by atoms with E-state index in [1.807, 2.05) is 0 Å². The van der Waals surface area contributed by atoms with E-state index in [4.69, 9.17) is 0 Å². The van der Waals surface area contributed by atoms with Crippen molar-refractivity contribution in [2.75, 3.05) is 0 Å². The van der Waals surface area contributed by atoms with Crippen LogP contribution in [0.3, 0.4) is 0 Å². The number of rotatable bonds is 8. The van der Waals surface area contributed by atoms with Crippen LogP contribution in [0.2, 0.25) is 0 Å².